The molecule has 0 radical (unpaired) electrons. The molecule has 3 aromatic heterocycles. The second-order valence-electron chi connectivity index (χ2n) is 6.53. The molecule has 1 aromatic carbocycles. The first-order valence-electron chi connectivity index (χ1n) is 8.74. The van der Waals surface area contributed by atoms with Crippen molar-refractivity contribution in [1.82, 2.24) is 15.0 Å². The third-order valence-electron chi connectivity index (χ3n) is 4.56. The van der Waals surface area contributed by atoms with Crippen LogP contribution in [0.1, 0.15) is 21.6 Å². The molecular formula is C20H16N4O4S. The number of fused-ring (bicyclic) bond motifs is 1. The van der Waals surface area contributed by atoms with Gasteiger partial charge in [-0.3, -0.25) is 14.9 Å². The van der Waals surface area contributed by atoms with Gasteiger partial charge in [-0.2, -0.15) is 0 Å². The first-order valence-corrected chi connectivity index (χ1v) is 9.62. The molecular weight excluding hydrogens is 392 g/mol. The van der Waals surface area contributed by atoms with Crippen molar-refractivity contribution in [2.24, 2.45) is 0 Å². The van der Waals surface area contributed by atoms with Gasteiger partial charge in [-0.25, -0.2) is 4.98 Å². The number of nitro benzene ring substituents is 1. The van der Waals surface area contributed by atoms with E-state index in [1.54, 1.807) is 38.2 Å². The van der Waals surface area contributed by atoms with E-state index in [0.717, 1.165) is 4.88 Å². The summed E-state index contributed by atoms with van der Waals surface area (Å²) >= 11 is 1.50. The van der Waals surface area contributed by atoms with Crippen LogP contribution in [0.4, 0.5) is 5.69 Å². The second-order valence-corrected chi connectivity index (χ2v) is 7.48. The van der Waals surface area contributed by atoms with Gasteiger partial charge in [-0.05, 0) is 24.4 Å². The lowest BCUT2D eigenvalue weighted by Gasteiger charge is -2.18. The summed E-state index contributed by atoms with van der Waals surface area (Å²) in [6.45, 7) is 1.84. The zero-order valence-electron chi connectivity index (χ0n) is 15.7. The number of aromatic nitrogens is 2. The van der Waals surface area contributed by atoms with Crippen molar-refractivity contribution in [3.05, 3.63) is 74.8 Å². The maximum atomic E-state index is 13.3. The number of benzene rings is 1. The molecule has 3 heterocycles. The maximum absolute atomic E-state index is 13.3. The number of thiophene rings is 1. The highest BCUT2D eigenvalue weighted by Crippen LogP contribution is 2.30. The fourth-order valence-corrected chi connectivity index (χ4v) is 3.86. The Labute approximate surface area is 169 Å². The van der Waals surface area contributed by atoms with Crippen molar-refractivity contribution in [2.75, 3.05) is 7.05 Å². The van der Waals surface area contributed by atoms with Gasteiger partial charge in [0.05, 0.1) is 38.7 Å². The summed E-state index contributed by atoms with van der Waals surface area (Å²) in [5.74, 6) is -0.292. The molecule has 146 valence electrons. The van der Waals surface area contributed by atoms with Crippen LogP contribution in [0, 0.1) is 17.0 Å². The number of pyridine rings is 1. The fraction of sp³-hybridized carbons (Fsp3) is 0.150. The Morgan fingerprint density at radius 3 is 2.79 bits per heavy atom. The maximum Gasteiger partial charge on any atom is 0.274 e. The number of hydrogen-bond acceptors (Lipinski definition) is 7. The molecule has 0 N–H and O–H groups in total. The predicted octanol–water partition coefficient (Wildman–Crippen LogP) is 4.44. The van der Waals surface area contributed by atoms with E-state index in [4.69, 9.17) is 4.52 Å². The Morgan fingerprint density at radius 2 is 2.07 bits per heavy atom. The van der Waals surface area contributed by atoms with Crippen molar-refractivity contribution in [1.29, 1.82) is 0 Å². The van der Waals surface area contributed by atoms with E-state index in [9.17, 15) is 14.9 Å². The molecule has 9 heteroatoms. The number of amides is 1. The first-order chi connectivity index (χ1) is 14.0. The highest BCUT2D eigenvalue weighted by molar-refractivity contribution is 7.13. The molecule has 0 saturated carbocycles. The summed E-state index contributed by atoms with van der Waals surface area (Å²) in [7, 11) is 1.61. The summed E-state index contributed by atoms with van der Waals surface area (Å²) in [5.41, 5.74) is 2.31. The van der Waals surface area contributed by atoms with Gasteiger partial charge < -0.3 is 9.42 Å². The van der Waals surface area contributed by atoms with Crippen LogP contribution >= 0.6 is 11.3 Å². The zero-order valence-corrected chi connectivity index (χ0v) is 16.5. The molecule has 8 nitrogen and oxygen atoms in total. The lowest BCUT2D eigenvalue weighted by atomic mass is 10.1. The molecule has 0 aliphatic heterocycles. The Bertz CT molecular complexity index is 1220. The van der Waals surface area contributed by atoms with Crippen LogP contribution in [0.25, 0.3) is 21.7 Å². The monoisotopic (exact) mass is 408 g/mol. The van der Waals surface area contributed by atoms with E-state index in [-0.39, 0.29) is 23.9 Å². The van der Waals surface area contributed by atoms with Crippen molar-refractivity contribution < 1.29 is 14.2 Å². The molecule has 0 bridgehead atoms. The van der Waals surface area contributed by atoms with Crippen LogP contribution in [0.15, 0.2) is 52.4 Å². The molecule has 0 aliphatic carbocycles. The van der Waals surface area contributed by atoms with E-state index in [1.165, 1.54) is 22.3 Å². The number of rotatable bonds is 5. The minimum atomic E-state index is -0.447. The van der Waals surface area contributed by atoms with E-state index >= 15 is 0 Å². The number of para-hydroxylation sites is 1. The highest BCUT2D eigenvalue weighted by atomic mass is 32.1. The Balaban J connectivity index is 1.75. The Kier molecular flexibility index (Phi) is 4.81. The van der Waals surface area contributed by atoms with Crippen LogP contribution in [-0.4, -0.2) is 32.9 Å². The standard InChI is InChI=1S/C20H16N4O4S/c1-12-18-14(10-15(17-8-5-9-29-17)21-19(18)28-22-12)20(25)23(2)11-13-6-3-4-7-16(13)24(26)27/h3-10H,11H2,1-2H3. The Morgan fingerprint density at radius 1 is 1.28 bits per heavy atom. The van der Waals surface area contributed by atoms with Gasteiger partial charge in [-0.15, -0.1) is 11.3 Å². The average Bonchev–Trinajstić information content (AvgIpc) is 3.37. The van der Waals surface area contributed by atoms with Gasteiger partial charge in [0, 0.05) is 18.7 Å². The van der Waals surface area contributed by atoms with Crippen molar-refractivity contribution >= 4 is 34.0 Å². The van der Waals surface area contributed by atoms with Crippen LogP contribution in [0.5, 0.6) is 0 Å². The third kappa shape index (κ3) is 3.47. The number of aryl methyl sites for hydroxylation is 1. The third-order valence-corrected chi connectivity index (χ3v) is 5.46. The van der Waals surface area contributed by atoms with E-state index in [2.05, 4.69) is 10.1 Å². The molecule has 0 unspecified atom stereocenters. The molecule has 1 amide bonds. The van der Waals surface area contributed by atoms with E-state index in [0.29, 0.717) is 27.9 Å². The van der Waals surface area contributed by atoms with E-state index < -0.39 is 4.92 Å². The molecule has 0 atom stereocenters. The zero-order chi connectivity index (χ0) is 20.5. The molecule has 29 heavy (non-hydrogen) atoms. The Hall–Kier alpha value is -3.59. The fourth-order valence-electron chi connectivity index (χ4n) is 3.17. The average molecular weight is 408 g/mol. The van der Waals surface area contributed by atoms with Gasteiger partial charge >= 0.3 is 0 Å². The number of hydrogen-bond donors (Lipinski definition) is 0. The SMILES string of the molecule is Cc1noc2nc(-c3cccs3)cc(C(=O)N(C)Cc3ccccc3[N+](=O)[O-])c12. The van der Waals surface area contributed by atoms with Gasteiger partial charge in [0.25, 0.3) is 17.3 Å². The summed E-state index contributed by atoms with van der Waals surface area (Å²) in [5, 5.41) is 17.7. The molecule has 0 saturated heterocycles. The number of nitrogens with zero attached hydrogens (tertiary/aromatic N) is 4. The normalized spacial score (nSPS) is 11.0. The molecule has 4 aromatic rings. The van der Waals surface area contributed by atoms with Crippen molar-refractivity contribution in [2.45, 2.75) is 13.5 Å². The largest absolute Gasteiger partial charge is 0.337 e. The number of carbonyl (C=O) groups is 1. The van der Waals surface area contributed by atoms with Crippen LogP contribution in [0.2, 0.25) is 0 Å². The lowest BCUT2D eigenvalue weighted by Crippen LogP contribution is -2.27. The minimum Gasteiger partial charge on any atom is -0.337 e. The van der Waals surface area contributed by atoms with Crippen molar-refractivity contribution in [3.8, 4) is 10.6 Å². The molecule has 0 aliphatic rings. The molecule has 0 spiro atoms. The van der Waals surface area contributed by atoms with E-state index in [1.807, 2.05) is 17.5 Å². The van der Waals surface area contributed by atoms with Gasteiger partial charge in [0.2, 0.25) is 0 Å². The predicted molar refractivity (Wildman–Crippen MR) is 109 cm³/mol. The highest BCUT2D eigenvalue weighted by Gasteiger charge is 2.23. The minimum absolute atomic E-state index is 0.0209. The molecule has 0 fully saturated rings. The summed E-state index contributed by atoms with van der Waals surface area (Å²) in [4.78, 5) is 30.9. The number of carbonyl (C=O) groups excluding carboxylic acids is 1. The quantitative estimate of drug-likeness (QED) is 0.357. The first kappa shape index (κ1) is 18.8. The van der Waals surface area contributed by atoms with Crippen molar-refractivity contribution in [3.63, 3.8) is 0 Å². The van der Waals surface area contributed by atoms with Crippen LogP contribution in [-0.2, 0) is 6.54 Å². The molecule has 4 rings (SSSR count). The topological polar surface area (TPSA) is 102 Å². The van der Waals surface area contributed by atoms with Crippen LogP contribution < -0.4 is 0 Å². The van der Waals surface area contributed by atoms with Gasteiger partial charge in [0.1, 0.15) is 0 Å². The second kappa shape index (κ2) is 7.44. The summed E-state index contributed by atoms with van der Waals surface area (Å²) in [6, 6.07) is 11.9. The van der Waals surface area contributed by atoms with Gasteiger partial charge in [-0.1, -0.05) is 29.4 Å². The van der Waals surface area contributed by atoms with Crippen LogP contribution in [0.3, 0.4) is 0 Å². The smallest absolute Gasteiger partial charge is 0.274 e. The number of nitro groups is 1. The summed E-state index contributed by atoms with van der Waals surface area (Å²) in [6.07, 6.45) is 0. The lowest BCUT2D eigenvalue weighted by molar-refractivity contribution is -0.385. The summed E-state index contributed by atoms with van der Waals surface area (Å²) < 4.78 is 5.31. The van der Waals surface area contributed by atoms with Gasteiger partial charge in [0.15, 0.2) is 0 Å².